The van der Waals surface area contributed by atoms with Crippen LogP contribution in [-0.4, -0.2) is 16.7 Å². The van der Waals surface area contributed by atoms with Crippen LogP contribution in [0.3, 0.4) is 0 Å². The summed E-state index contributed by atoms with van der Waals surface area (Å²) in [6.45, 7) is 6.18. The molecule has 0 radical (unpaired) electrons. The van der Waals surface area contributed by atoms with Crippen molar-refractivity contribution in [3.8, 4) is 0 Å². The average Bonchev–Trinajstić information content (AvgIpc) is 2.86. The molecule has 0 amide bonds. The molecule has 0 heterocycles. The van der Waals surface area contributed by atoms with Gasteiger partial charge in [0.05, 0.1) is 5.41 Å². The molecule has 1 N–H and O–H groups in total. The fraction of sp³-hybridized carbons (Fsp3) is 0.714. The minimum atomic E-state index is -0.440. The van der Waals surface area contributed by atoms with Crippen molar-refractivity contribution in [1.82, 2.24) is 0 Å². The number of hydrogen-bond acceptors (Lipinski definition) is 3. The van der Waals surface area contributed by atoms with Gasteiger partial charge in [0.1, 0.15) is 11.5 Å². The molecule has 0 saturated heterocycles. The van der Waals surface area contributed by atoms with Crippen LogP contribution in [0.2, 0.25) is 0 Å². The van der Waals surface area contributed by atoms with Crippen molar-refractivity contribution in [2.24, 2.45) is 34.5 Å². The van der Waals surface area contributed by atoms with Gasteiger partial charge in [-0.3, -0.25) is 9.59 Å². The van der Waals surface area contributed by atoms with Crippen LogP contribution in [0.15, 0.2) is 23.5 Å². The Labute approximate surface area is 144 Å². The molecule has 3 fully saturated rings. The highest BCUT2D eigenvalue weighted by molar-refractivity contribution is 5.99. The highest BCUT2D eigenvalue weighted by atomic mass is 16.3. The second-order valence-corrected chi connectivity index (χ2v) is 9.01. The molecular formula is C21H28O3. The van der Waals surface area contributed by atoms with Gasteiger partial charge in [0.2, 0.25) is 0 Å². The van der Waals surface area contributed by atoms with E-state index in [1.54, 1.807) is 6.92 Å². The number of ketones is 2. The number of allylic oxidation sites excluding steroid dienone is 3. The van der Waals surface area contributed by atoms with E-state index in [0.29, 0.717) is 23.5 Å². The molecule has 3 nitrogen and oxygen atoms in total. The van der Waals surface area contributed by atoms with Crippen molar-refractivity contribution in [3.63, 3.8) is 0 Å². The molecule has 0 unspecified atom stereocenters. The number of carbonyl (C=O) groups excluding carboxylic acids is 2. The molecule has 0 aliphatic heterocycles. The first-order chi connectivity index (χ1) is 11.3. The Morgan fingerprint density at radius 2 is 1.88 bits per heavy atom. The summed E-state index contributed by atoms with van der Waals surface area (Å²) in [4.78, 5) is 25.0. The Balaban J connectivity index is 1.71. The van der Waals surface area contributed by atoms with Crippen LogP contribution in [-0.2, 0) is 9.59 Å². The zero-order chi connectivity index (χ0) is 17.3. The third kappa shape index (κ3) is 1.90. The highest BCUT2D eigenvalue weighted by Gasteiger charge is 2.61. The number of aliphatic hydroxyl groups is 1. The van der Waals surface area contributed by atoms with E-state index in [0.717, 1.165) is 44.1 Å². The quantitative estimate of drug-likeness (QED) is 0.777. The summed E-state index contributed by atoms with van der Waals surface area (Å²) in [7, 11) is 0. The van der Waals surface area contributed by atoms with E-state index in [-0.39, 0.29) is 22.9 Å². The second-order valence-electron chi connectivity index (χ2n) is 9.01. The fourth-order valence-corrected chi connectivity index (χ4v) is 6.96. The Kier molecular flexibility index (Phi) is 3.40. The molecule has 0 spiro atoms. The number of rotatable bonds is 1. The zero-order valence-electron chi connectivity index (χ0n) is 15.0. The Morgan fingerprint density at radius 3 is 2.58 bits per heavy atom. The molecule has 0 aromatic rings. The molecule has 4 aliphatic rings. The number of fused-ring (bicyclic) bond motifs is 5. The van der Waals surface area contributed by atoms with E-state index in [9.17, 15) is 14.7 Å². The van der Waals surface area contributed by atoms with E-state index in [2.05, 4.69) is 13.8 Å². The van der Waals surface area contributed by atoms with Gasteiger partial charge in [-0.15, -0.1) is 0 Å². The standard InChI is InChI=1S/C21H28O3/c1-12(22)16-6-7-17-15-5-4-13-10-14(23)11-19(24)21(13,3)18(15)8-9-20(16,17)2/h10-11,15-18,23H,4-9H2,1-3H3/t15-,16+,17-,18-,20+,21-/m0/s1. The lowest BCUT2D eigenvalue weighted by molar-refractivity contribution is -0.135. The average molecular weight is 328 g/mol. The van der Waals surface area contributed by atoms with Crippen molar-refractivity contribution >= 4 is 11.6 Å². The summed E-state index contributed by atoms with van der Waals surface area (Å²) in [5.74, 6) is 2.21. The normalized spacial score (nSPS) is 47.2. The third-order valence-electron chi connectivity index (χ3n) is 8.20. The summed E-state index contributed by atoms with van der Waals surface area (Å²) >= 11 is 0. The van der Waals surface area contributed by atoms with Gasteiger partial charge in [0.25, 0.3) is 0 Å². The Morgan fingerprint density at radius 1 is 1.12 bits per heavy atom. The molecule has 4 rings (SSSR count). The summed E-state index contributed by atoms with van der Waals surface area (Å²) < 4.78 is 0. The molecule has 3 heteroatoms. The maximum atomic E-state index is 12.8. The maximum Gasteiger partial charge on any atom is 0.169 e. The van der Waals surface area contributed by atoms with Crippen molar-refractivity contribution < 1.29 is 14.7 Å². The van der Waals surface area contributed by atoms with E-state index in [1.807, 2.05) is 6.08 Å². The summed E-state index contributed by atoms with van der Waals surface area (Å²) in [5, 5.41) is 9.84. The van der Waals surface area contributed by atoms with Crippen LogP contribution in [0.5, 0.6) is 0 Å². The summed E-state index contributed by atoms with van der Waals surface area (Å²) in [6.07, 6.45) is 9.48. The van der Waals surface area contributed by atoms with Crippen LogP contribution in [0, 0.1) is 34.5 Å². The van der Waals surface area contributed by atoms with Gasteiger partial charge in [-0.1, -0.05) is 12.5 Å². The van der Waals surface area contributed by atoms with E-state index in [1.165, 1.54) is 6.08 Å². The minimum absolute atomic E-state index is 0.0805. The number of carbonyl (C=O) groups is 2. The lowest BCUT2D eigenvalue weighted by Gasteiger charge is -2.56. The smallest absolute Gasteiger partial charge is 0.169 e. The monoisotopic (exact) mass is 328 g/mol. The van der Waals surface area contributed by atoms with E-state index in [4.69, 9.17) is 0 Å². The lowest BCUT2D eigenvalue weighted by atomic mass is 9.47. The number of aliphatic hydroxyl groups excluding tert-OH is 1. The summed E-state index contributed by atoms with van der Waals surface area (Å²) in [6, 6.07) is 0. The minimum Gasteiger partial charge on any atom is -0.508 e. The van der Waals surface area contributed by atoms with E-state index >= 15 is 0 Å². The fourth-order valence-electron chi connectivity index (χ4n) is 6.96. The van der Waals surface area contributed by atoms with Crippen LogP contribution >= 0.6 is 0 Å². The molecule has 6 atom stereocenters. The van der Waals surface area contributed by atoms with Gasteiger partial charge in [-0.2, -0.15) is 0 Å². The van der Waals surface area contributed by atoms with E-state index < -0.39 is 5.41 Å². The molecule has 0 bridgehead atoms. The molecule has 3 saturated carbocycles. The predicted octanol–water partition coefficient (Wildman–Crippen LogP) is 4.39. The van der Waals surface area contributed by atoms with Crippen LogP contribution in [0.25, 0.3) is 0 Å². The zero-order valence-corrected chi connectivity index (χ0v) is 15.0. The first-order valence-corrected chi connectivity index (χ1v) is 9.45. The first kappa shape index (κ1) is 16.1. The third-order valence-corrected chi connectivity index (χ3v) is 8.20. The molecule has 0 aromatic heterocycles. The van der Waals surface area contributed by atoms with Crippen molar-refractivity contribution in [2.45, 2.75) is 59.3 Å². The largest absolute Gasteiger partial charge is 0.508 e. The molecule has 0 aromatic carbocycles. The van der Waals surface area contributed by atoms with Gasteiger partial charge in [0, 0.05) is 12.0 Å². The van der Waals surface area contributed by atoms with Crippen molar-refractivity contribution in [1.29, 1.82) is 0 Å². The second kappa shape index (κ2) is 5.06. The first-order valence-electron chi connectivity index (χ1n) is 9.45. The van der Waals surface area contributed by atoms with Gasteiger partial charge < -0.3 is 5.11 Å². The number of hydrogen-bond donors (Lipinski definition) is 1. The molecule has 4 aliphatic carbocycles. The van der Waals surface area contributed by atoms with Crippen LogP contribution in [0.1, 0.15) is 59.3 Å². The molecule has 24 heavy (non-hydrogen) atoms. The summed E-state index contributed by atoms with van der Waals surface area (Å²) in [5.41, 5.74) is 0.809. The number of Topliss-reactive ketones (excluding diaryl/α,β-unsaturated/α-hetero) is 1. The van der Waals surface area contributed by atoms with Gasteiger partial charge in [0.15, 0.2) is 5.78 Å². The molecule has 130 valence electrons. The Hall–Kier alpha value is -1.38. The SMILES string of the molecule is CC(=O)[C@H]1CC[C@H]2[C@@H]3CCC4=CC(O)=CC(=O)[C@]4(C)[C@H]3CC[C@]12C. The molecular weight excluding hydrogens is 300 g/mol. The van der Waals surface area contributed by atoms with Crippen LogP contribution < -0.4 is 0 Å². The van der Waals surface area contributed by atoms with Gasteiger partial charge >= 0.3 is 0 Å². The van der Waals surface area contributed by atoms with Gasteiger partial charge in [-0.25, -0.2) is 0 Å². The highest BCUT2D eigenvalue weighted by Crippen LogP contribution is 2.66. The van der Waals surface area contributed by atoms with Crippen LogP contribution in [0.4, 0.5) is 0 Å². The van der Waals surface area contributed by atoms with Crippen molar-refractivity contribution in [2.75, 3.05) is 0 Å². The van der Waals surface area contributed by atoms with Gasteiger partial charge in [-0.05, 0) is 81.6 Å². The predicted molar refractivity (Wildman–Crippen MR) is 92.4 cm³/mol. The maximum absolute atomic E-state index is 12.8. The lowest BCUT2D eigenvalue weighted by Crippen LogP contribution is -2.53. The topological polar surface area (TPSA) is 54.4 Å². The van der Waals surface area contributed by atoms with Crippen molar-refractivity contribution in [3.05, 3.63) is 23.5 Å². The Bertz CT molecular complexity index is 673.